The number of ether oxygens (including phenoxy) is 2. The molecule has 27 heavy (non-hydrogen) atoms. The average molecular weight is 369 g/mol. The number of aromatic nitrogens is 2. The van der Waals surface area contributed by atoms with Gasteiger partial charge in [-0.05, 0) is 24.6 Å². The van der Waals surface area contributed by atoms with Gasteiger partial charge in [0.25, 0.3) is 0 Å². The standard InChI is InChI=1S/C21H24FN3O2/c1-14-3-5-15(6-4-14)10-25-11-17(22)20(12-25)27-13-21-23-18-8-7-16(26-2)9-19(18)24-21/h3-9,17,20H,10-13H2,1-2H3,(H,23,24). The fraction of sp³-hybridized carbons (Fsp3) is 0.381. The van der Waals surface area contributed by atoms with E-state index >= 15 is 0 Å². The molecule has 1 saturated heterocycles. The van der Waals surface area contributed by atoms with Gasteiger partial charge in [-0.3, -0.25) is 4.90 Å². The van der Waals surface area contributed by atoms with Gasteiger partial charge in [0.15, 0.2) is 0 Å². The van der Waals surface area contributed by atoms with Gasteiger partial charge >= 0.3 is 0 Å². The van der Waals surface area contributed by atoms with Crippen LogP contribution in [0.15, 0.2) is 42.5 Å². The van der Waals surface area contributed by atoms with Crippen LogP contribution in [0.2, 0.25) is 0 Å². The van der Waals surface area contributed by atoms with Crippen molar-refractivity contribution in [3.05, 3.63) is 59.4 Å². The Morgan fingerprint density at radius 2 is 2.00 bits per heavy atom. The Balaban J connectivity index is 1.35. The molecule has 1 fully saturated rings. The summed E-state index contributed by atoms with van der Waals surface area (Å²) < 4.78 is 25.4. The Hall–Kier alpha value is -2.44. The molecule has 2 heterocycles. The van der Waals surface area contributed by atoms with Crippen molar-refractivity contribution in [2.45, 2.75) is 32.4 Å². The van der Waals surface area contributed by atoms with Gasteiger partial charge in [0.05, 0.1) is 18.1 Å². The monoisotopic (exact) mass is 369 g/mol. The number of fused-ring (bicyclic) bond motifs is 1. The second kappa shape index (κ2) is 7.66. The summed E-state index contributed by atoms with van der Waals surface area (Å²) >= 11 is 0. The molecule has 4 rings (SSSR count). The lowest BCUT2D eigenvalue weighted by Gasteiger charge is -2.15. The molecular formula is C21H24FN3O2. The number of alkyl halides is 1. The van der Waals surface area contributed by atoms with Crippen molar-refractivity contribution in [3.63, 3.8) is 0 Å². The van der Waals surface area contributed by atoms with Crippen molar-refractivity contribution in [1.82, 2.24) is 14.9 Å². The van der Waals surface area contributed by atoms with Crippen LogP contribution < -0.4 is 4.74 Å². The smallest absolute Gasteiger partial charge is 0.140 e. The largest absolute Gasteiger partial charge is 0.497 e. The van der Waals surface area contributed by atoms with Gasteiger partial charge in [-0.15, -0.1) is 0 Å². The van der Waals surface area contributed by atoms with Crippen LogP contribution in [0.5, 0.6) is 5.75 Å². The third kappa shape index (κ3) is 4.12. The molecule has 1 aromatic heterocycles. The van der Waals surface area contributed by atoms with Crippen molar-refractivity contribution in [2.75, 3.05) is 20.2 Å². The quantitative estimate of drug-likeness (QED) is 0.721. The van der Waals surface area contributed by atoms with Crippen LogP contribution in [-0.4, -0.2) is 47.3 Å². The highest BCUT2D eigenvalue weighted by Gasteiger charge is 2.33. The van der Waals surface area contributed by atoms with Crippen LogP contribution in [-0.2, 0) is 17.9 Å². The number of hydrogen-bond donors (Lipinski definition) is 1. The number of imidazole rings is 1. The van der Waals surface area contributed by atoms with E-state index < -0.39 is 12.3 Å². The van der Waals surface area contributed by atoms with Crippen LogP contribution in [0.3, 0.4) is 0 Å². The zero-order valence-electron chi connectivity index (χ0n) is 15.6. The number of likely N-dealkylation sites (tertiary alicyclic amines) is 1. The maximum atomic E-state index is 14.4. The number of aryl methyl sites for hydroxylation is 1. The van der Waals surface area contributed by atoms with E-state index in [1.165, 1.54) is 11.1 Å². The summed E-state index contributed by atoms with van der Waals surface area (Å²) in [6, 6.07) is 14.0. The van der Waals surface area contributed by atoms with Crippen LogP contribution in [0.4, 0.5) is 4.39 Å². The molecule has 1 aliphatic heterocycles. The van der Waals surface area contributed by atoms with E-state index in [1.54, 1.807) is 7.11 Å². The minimum absolute atomic E-state index is 0.264. The van der Waals surface area contributed by atoms with Crippen molar-refractivity contribution in [2.24, 2.45) is 0 Å². The maximum absolute atomic E-state index is 14.4. The SMILES string of the molecule is COc1ccc2nc(COC3CN(Cc4ccc(C)cc4)CC3F)[nH]c2c1. The molecule has 2 atom stereocenters. The Kier molecular flexibility index (Phi) is 5.09. The summed E-state index contributed by atoms with van der Waals surface area (Å²) in [6.07, 6.45) is -1.42. The highest BCUT2D eigenvalue weighted by Crippen LogP contribution is 2.22. The zero-order valence-corrected chi connectivity index (χ0v) is 15.6. The lowest BCUT2D eigenvalue weighted by atomic mass is 10.1. The molecule has 2 unspecified atom stereocenters. The summed E-state index contributed by atoms with van der Waals surface area (Å²) in [4.78, 5) is 9.81. The molecule has 5 nitrogen and oxygen atoms in total. The number of rotatable bonds is 6. The molecule has 0 amide bonds. The predicted octanol–water partition coefficient (Wildman–Crippen LogP) is 3.62. The summed E-state index contributed by atoms with van der Waals surface area (Å²) in [7, 11) is 1.63. The number of aromatic amines is 1. The first-order valence-corrected chi connectivity index (χ1v) is 9.17. The summed E-state index contributed by atoms with van der Waals surface area (Å²) in [5.41, 5.74) is 4.16. The topological polar surface area (TPSA) is 50.4 Å². The van der Waals surface area contributed by atoms with E-state index in [0.29, 0.717) is 18.9 Å². The van der Waals surface area contributed by atoms with E-state index in [2.05, 4.69) is 46.1 Å². The Labute approximate surface area is 158 Å². The highest BCUT2D eigenvalue weighted by atomic mass is 19.1. The van der Waals surface area contributed by atoms with Gasteiger partial charge < -0.3 is 14.5 Å². The summed E-state index contributed by atoms with van der Waals surface area (Å²) in [5.74, 6) is 1.47. The number of H-pyrrole nitrogens is 1. The molecule has 1 aliphatic rings. The van der Waals surface area contributed by atoms with Crippen LogP contribution in [0.25, 0.3) is 11.0 Å². The Morgan fingerprint density at radius 1 is 1.19 bits per heavy atom. The maximum Gasteiger partial charge on any atom is 0.140 e. The predicted molar refractivity (Wildman–Crippen MR) is 103 cm³/mol. The molecule has 1 N–H and O–H groups in total. The van der Waals surface area contributed by atoms with E-state index in [4.69, 9.17) is 9.47 Å². The van der Waals surface area contributed by atoms with Gasteiger partial charge in [0, 0.05) is 25.7 Å². The van der Waals surface area contributed by atoms with Crippen molar-refractivity contribution in [3.8, 4) is 5.75 Å². The lowest BCUT2D eigenvalue weighted by molar-refractivity contribution is 0.00864. The summed E-state index contributed by atoms with van der Waals surface area (Å²) in [6.45, 7) is 4.06. The van der Waals surface area contributed by atoms with Crippen LogP contribution >= 0.6 is 0 Å². The van der Waals surface area contributed by atoms with Gasteiger partial charge in [0.2, 0.25) is 0 Å². The Morgan fingerprint density at radius 3 is 2.78 bits per heavy atom. The van der Waals surface area contributed by atoms with Gasteiger partial charge in [-0.25, -0.2) is 9.37 Å². The van der Waals surface area contributed by atoms with Crippen molar-refractivity contribution < 1.29 is 13.9 Å². The second-order valence-electron chi connectivity index (χ2n) is 7.11. The molecule has 3 aromatic rings. The van der Waals surface area contributed by atoms with Crippen molar-refractivity contribution >= 4 is 11.0 Å². The first-order chi connectivity index (χ1) is 13.1. The van der Waals surface area contributed by atoms with E-state index in [0.717, 1.165) is 23.3 Å². The number of methoxy groups -OCH3 is 1. The molecule has 142 valence electrons. The molecule has 2 aromatic carbocycles. The normalized spacial score (nSPS) is 20.4. The fourth-order valence-corrected chi connectivity index (χ4v) is 3.47. The number of nitrogens with one attached hydrogen (secondary N) is 1. The molecular weight excluding hydrogens is 345 g/mol. The number of halogens is 1. The third-order valence-electron chi connectivity index (χ3n) is 4.97. The number of nitrogens with zero attached hydrogens (tertiary/aromatic N) is 2. The number of hydrogen-bond acceptors (Lipinski definition) is 4. The fourth-order valence-electron chi connectivity index (χ4n) is 3.47. The molecule has 6 heteroatoms. The summed E-state index contributed by atoms with van der Waals surface area (Å²) in [5, 5.41) is 0. The van der Waals surface area contributed by atoms with E-state index in [9.17, 15) is 4.39 Å². The molecule has 0 spiro atoms. The molecule has 0 saturated carbocycles. The second-order valence-corrected chi connectivity index (χ2v) is 7.11. The van der Waals surface area contributed by atoms with E-state index in [-0.39, 0.29) is 6.61 Å². The zero-order chi connectivity index (χ0) is 18.8. The minimum atomic E-state index is -0.986. The third-order valence-corrected chi connectivity index (χ3v) is 4.97. The van der Waals surface area contributed by atoms with Crippen LogP contribution in [0, 0.1) is 6.92 Å². The molecule has 0 radical (unpaired) electrons. The van der Waals surface area contributed by atoms with Gasteiger partial charge in [-0.2, -0.15) is 0 Å². The number of benzene rings is 2. The average Bonchev–Trinajstić information content (AvgIpc) is 3.23. The molecule has 0 bridgehead atoms. The minimum Gasteiger partial charge on any atom is -0.497 e. The Bertz CT molecular complexity index is 909. The van der Waals surface area contributed by atoms with Gasteiger partial charge in [-0.1, -0.05) is 29.8 Å². The first-order valence-electron chi connectivity index (χ1n) is 9.17. The van der Waals surface area contributed by atoms with Gasteiger partial charge in [0.1, 0.15) is 30.5 Å². The first kappa shape index (κ1) is 17.9. The van der Waals surface area contributed by atoms with Crippen LogP contribution in [0.1, 0.15) is 17.0 Å². The lowest BCUT2D eigenvalue weighted by Crippen LogP contribution is -2.24. The highest BCUT2D eigenvalue weighted by molar-refractivity contribution is 5.76. The van der Waals surface area contributed by atoms with E-state index in [1.807, 2.05) is 18.2 Å². The van der Waals surface area contributed by atoms with Crippen molar-refractivity contribution in [1.29, 1.82) is 0 Å². The molecule has 0 aliphatic carbocycles.